The van der Waals surface area contributed by atoms with Gasteiger partial charge in [0.05, 0.1) is 6.21 Å². The van der Waals surface area contributed by atoms with Crippen LogP contribution in [0.25, 0.3) is 10.8 Å². The molecule has 0 heterocycles. The van der Waals surface area contributed by atoms with Crippen molar-refractivity contribution >= 4 is 22.9 Å². The van der Waals surface area contributed by atoms with Gasteiger partial charge in [0.2, 0.25) is 0 Å². The largest absolute Gasteiger partial charge is 0.483 e. The molecule has 25 heavy (non-hydrogen) atoms. The first kappa shape index (κ1) is 16.7. The second-order valence-electron chi connectivity index (χ2n) is 5.96. The molecular formula is C21H20N2O2. The van der Waals surface area contributed by atoms with E-state index in [9.17, 15) is 4.79 Å². The zero-order chi connectivity index (χ0) is 17.6. The molecule has 3 aromatic rings. The third-order valence-electron chi connectivity index (χ3n) is 3.87. The lowest BCUT2D eigenvalue weighted by Crippen LogP contribution is -2.24. The highest BCUT2D eigenvalue weighted by Gasteiger charge is 2.04. The van der Waals surface area contributed by atoms with Gasteiger partial charge in [-0.2, -0.15) is 5.10 Å². The van der Waals surface area contributed by atoms with Crippen LogP contribution in [0.2, 0.25) is 0 Å². The molecule has 4 heteroatoms. The van der Waals surface area contributed by atoms with Crippen LogP contribution in [0.4, 0.5) is 0 Å². The van der Waals surface area contributed by atoms with Crippen molar-refractivity contribution in [2.45, 2.75) is 13.8 Å². The van der Waals surface area contributed by atoms with Gasteiger partial charge in [0.1, 0.15) is 5.75 Å². The molecule has 3 rings (SSSR count). The summed E-state index contributed by atoms with van der Waals surface area (Å²) in [4.78, 5) is 11.8. The van der Waals surface area contributed by atoms with E-state index in [4.69, 9.17) is 4.74 Å². The molecule has 0 fully saturated rings. The summed E-state index contributed by atoms with van der Waals surface area (Å²) < 4.78 is 5.53. The minimum atomic E-state index is -0.294. The predicted octanol–water partition coefficient (Wildman–Crippen LogP) is 3.99. The predicted molar refractivity (Wildman–Crippen MR) is 101 cm³/mol. The van der Waals surface area contributed by atoms with E-state index in [1.807, 2.05) is 68.4 Å². The molecule has 0 unspecified atom stereocenters. The molecule has 1 N–H and O–H groups in total. The molecule has 0 bridgehead atoms. The summed E-state index contributed by atoms with van der Waals surface area (Å²) >= 11 is 0. The maximum Gasteiger partial charge on any atom is 0.277 e. The Balaban J connectivity index is 1.54. The average molecular weight is 332 g/mol. The standard InChI is InChI=1S/C21H20N2O2/c1-15-7-10-20(16(2)11-15)25-14-21(24)23-22-13-17-8-9-18-5-3-4-6-19(18)12-17/h3-13H,14H2,1-2H3,(H,23,24)/b22-13+. The second kappa shape index (κ2) is 7.62. The minimum absolute atomic E-state index is 0.0705. The van der Waals surface area contributed by atoms with Crippen LogP contribution in [0.3, 0.4) is 0 Å². The Hall–Kier alpha value is -3.14. The summed E-state index contributed by atoms with van der Waals surface area (Å²) in [6, 6.07) is 20.0. The lowest BCUT2D eigenvalue weighted by atomic mass is 10.1. The molecule has 0 aromatic heterocycles. The number of carbonyl (C=O) groups excluding carboxylic acids is 1. The number of hydrazone groups is 1. The fourth-order valence-corrected chi connectivity index (χ4v) is 2.60. The van der Waals surface area contributed by atoms with E-state index < -0.39 is 0 Å². The molecular weight excluding hydrogens is 312 g/mol. The van der Waals surface area contributed by atoms with Gasteiger partial charge < -0.3 is 4.74 Å². The van der Waals surface area contributed by atoms with E-state index in [0.29, 0.717) is 5.75 Å². The summed E-state index contributed by atoms with van der Waals surface area (Å²) in [7, 11) is 0. The number of fused-ring (bicyclic) bond motifs is 1. The number of ether oxygens (including phenoxy) is 1. The molecule has 0 atom stereocenters. The van der Waals surface area contributed by atoms with Gasteiger partial charge in [-0.25, -0.2) is 5.43 Å². The maximum atomic E-state index is 11.8. The Morgan fingerprint density at radius 2 is 1.84 bits per heavy atom. The van der Waals surface area contributed by atoms with Crippen LogP contribution in [0, 0.1) is 13.8 Å². The monoisotopic (exact) mass is 332 g/mol. The zero-order valence-corrected chi connectivity index (χ0v) is 14.3. The number of aryl methyl sites for hydroxylation is 2. The van der Waals surface area contributed by atoms with Gasteiger partial charge in [0.15, 0.2) is 6.61 Å². The summed E-state index contributed by atoms with van der Waals surface area (Å²) in [5.41, 5.74) is 5.58. The van der Waals surface area contributed by atoms with Crippen LogP contribution < -0.4 is 10.2 Å². The van der Waals surface area contributed by atoms with Crippen LogP contribution >= 0.6 is 0 Å². The molecule has 0 saturated carbocycles. The topological polar surface area (TPSA) is 50.7 Å². The summed E-state index contributed by atoms with van der Waals surface area (Å²) in [6.07, 6.45) is 1.63. The number of rotatable bonds is 5. The number of amides is 1. The smallest absolute Gasteiger partial charge is 0.277 e. The minimum Gasteiger partial charge on any atom is -0.483 e. The van der Waals surface area contributed by atoms with E-state index in [-0.39, 0.29) is 12.5 Å². The normalized spacial score (nSPS) is 11.0. The Morgan fingerprint density at radius 3 is 2.64 bits per heavy atom. The lowest BCUT2D eigenvalue weighted by molar-refractivity contribution is -0.123. The highest BCUT2D eigenvalue weighted by Crippen LogP contribution is 2.18. The molecule has 0 radical (unpaired) electrons. The number of carbonyl (C=O) groups is 1. The molecule has 3 aromatic carbocycles. The van der Waals surface area contributed by atoms with Gasteiger partial charge in [0.25, 0.3) is 5.91 Å². The maximum absolute atomic E-state index is 11.8. The lowest BCUT2D eigenvalue weighted by Gasteiger charge is -2.08. The Bertz CT molecular complexity index is 932. The Kier molecular flexibility index (Phi) is 5.09. The van der Waals surface area contributed by atoms with Gasteiger partial charge >= 0.3 is 0 Å². The van der Waals surface area contributed by atoms with Gasteiger partial charge in [-0.15, -0.1) is 0 Å². The van der Waals surface area contributed by atoms with Crippen LogP contribution in [0.1, 0.15) is 16.7 Å². The first-order valence-electron chi connectivity index (χ1n) is 8.12. The number of hydrogen-bond donors (Lipinski definition) is 1. The molecule has 0 saturated heterocycles. The highest BCUT2D eigenvalue weighted by molar-refractivity contribution is 5.90. The fraction of sp³-hybridized carbons (Fsp3) is 0.143. The van der Waals surface area contributed by atoms with Crippen LogP contribution in [-0.4, -0.2) is 18.7 Å². The van der Waals surface area contributed by atoms with Crippen LogP contribution in [-0.2, 0) is 4.79 Å². The van der Waals surface area contributed by atoms with Gasteiger partial charge in [-0.1, -0.05) is 54.1 Å². The Labute approximate surface area is 147 Å². The van der Waals surface area contributed by atoms with E-state index in [2.05, 4.69) is 16.6 Å². The van der Waals surface area contributed by atoms with Crippen molar-refractivity contribution in [1.29, 1.82) is 0 Å². The van der Waals surface area contributed by atoms with Crippen molar-refractivity contribution < 1.29 is 9.53 Å². The van der Waals surface area contributed by atoms with Gasteiger partial charge in [-0.05, 0) is 47.9 Å². The molecule has 0 aliphatic heterocycles. The molecule has 0 aliphatic rings. The third-order valence-corrected chi connectivity index (χ3v) is 3.87. The summed E-state index contributed by atoms with van der Waals surface area (Å²) in [5, 5.41) is 6.30. The van der Waals surface area contributed by atoms with Crippen molar-refractivity contribution in [2.75, 3.05) is 6.61 Å². The van der Waals surface area contributed by atoms with E-state index in [0.717, 1.165) is 22.1 Å². The molecule has 0 spiro atoms. The van der Waals surface area contributed by atoms with Crippen molar-refractivity contribution in [3.05, 3.63) is 77.4 Å². The molecule has 4 nitrogen and oxygen atoms in total. The van der Waals surface area contributed by atoms with E-state index in [1.54, 1.807) is 6.21 Å². The van der Waals surface area contributed by atoms with Gasteiger partial charge in [0, 0.05) is 0 Å². The average Bonchev–Trinajstić information content (AvgIpc) is 2.61. The number of benzene rings is 3. The third kappa shape index (κ3) is 4.44. The second-order valence-corrected chi connectivity index (χ2v) is 5.96. The van der Waals surface area contributed by atoms with E-state index in [1.165, 1.54) is 5.39 Å². The van der Waals surface area contributed by atoms with Crippen molar-refractivity contribution in [2.24, 2.45) is 5.10 Å². The highest BCUT2D eigenvalue weighted by atomic mass is 16.5. The fourth-order valence-electron chi connectivity index (χ4n) is 2.60. The molecule has 0 aliphatic carbocycles. The van der Waals surface area contributed by atoms with Crippen molar-refractivity contribution in [1.82, 2.24) is 5.43 Å². The van der Waals surface area contributed by atoms with Crippen molar-refractivity contribution in [3.8, 4) is 5.75 Å². The summed E-state index contributed by atoms with van der Waals surface area (Å²) in [5.74, 6) is 0.413. The number of nitrogens with one attached hydrogen (secondary N) is 1. The van der Waals surface area contributed by atoms with E-state index >= 15 is 0 Å². The Morgan fingerprint density at radius 1 is 1.04 bits per heavy atom. The number of hydrogen-bond acceptors (Lipinski definition) is 3. The van der Waals surface area contributed by atoms with Crippen LogP contribution in [0.15, 0.2) is 65.8 Å². The van der Waals surface area contributed by atoms with Gasteiger partial charge in [-0.3, -0.25) is 4.79 Å². The van der Waals surface area contributed by atoms with Crippen molar-refractivity contribution in [3.63, 3.8) is 0 Å². The summed E-state index contributed by atoms with van der Waals surface area (Å²) in [6.45, 7) is 3.90. The van der Waals surface area contributed by atoms with Crippen LogP contribution in [0.5, 0.6) is 5.75 Å². The molecule has 126 valence electrons. The quantitative estimate of drug-likeness (QED) is 0.567. The SMILES string of the molecule is Cc1ccc(OCC(=O)N/N=C/c2ccc3ccccc3c2)c(C)c1. The first-order valence-corrected chi connectivity index (χ1v) is 8.12. The molecule has 1 amide bonds. The first-order chi connectivity index (χ1) is 12.1. The number of nitrogens with zero attached hydrogens (tertiary/aromatic N) is 1. The zero-order valence-electron chi connectivity index (χ0n) is 14.3.